The third-order valence-electron chi connectivity index (χ3n) is 3.04. The summed E-state index contributed by atoms with van der Waals surface area (Å²) in [5.41, 5.74) is 0. The topological polar surface area (TPSA) is 109 Å². The van der Waals surface area contributed by atoms with Gasteiger partial charge in [-0.3, -0.25) is 9.11 Å². The second-order valence-corrected chi connectivity index (χ2v) is 17.4. The van der Waals surface area contributed by atoms with Crippen molar-refractivity contribution >= 4 is 51.8 Å². The van der Waals surface area contributed by atoms with E-state index in [-0.39, 0.29) is 0 Å². The summed E-state index contributed by atoms with van der Waals surface area (Å²) < 4.78 is 56.3. The van der Waals surface area contributed by atoms with Gasteiger partial charge in [0.25, 0.3) is 20.2 Å². The molecule has 0 aliphatic rings. The molecule has 6 nitrogen and oxygen atoms in total. The molecular formula is C20H23BiO6S2. The van der Waals surface area contributed by atoms with Gasteiger partial charge in [-0.15, -0.1) is 0 Å². The normalized spacial score (nSPS) is 10.9. The van der Waals surface area contributed by atoms with Crippen LogP contribution in [0.2, 0.25) is 0 Å². The second-order valence-electron chi connectivity index (χ2n) is 5.81. The first-order chi connectivity index (χ1) is 13.4. The van der Waals surface area contributed by atoms with Crippen LogP contribution in [0.5, 0.6) is 0 Å². The summed E-state index contributed by atoms with van der Waals surface area (Å²) in [6.45, 7) is 0. The summed E-state index contributed by atoms with van der Waals surface area (Å²) in [6.07, 6.45) is 1.43. The molecule has 0 saturated heterocycles. The SMILES string of the molecule is CS(=O)(=O)O.CS(=O)(=O)O.c1cc[c]([Bi]([c]2ccccc2)[c]2ccccc2)cc1. The van der Waals surface area contributed by atoms with E-state index in [0.29, 0.717) is 12.5 Å². The molecule has 3 rings (SSSR count). The Bertz CT molecular complexity index is 916. The molecule has 0 heterocycles. The summed E-state index contributed by atoms with van der Waals surface area (Å²) >= 11 is -2.06. The molecule has 0 aliphatic carbocycles. The summed E-state index contributed by atoms with van der Waals surface area (Å²) in [4.78, 5) is 0. The maximum atomic E-state index is 9.19. The van der Waals surface area contributed by atoms with Crippen LogP contribution >= 0.6 is 0 Å². The standard InChI is InChI=1S/3C6H5.2CH4O3S.Bi/c3*1-2-4-6-5-3-1;2*1-5(2,3)4;/h3*1-5H;2*1H3,(H,2,3,4);. The van der Waals surface area contributed by atoms with Gasteiger partial charge < -0.3 is 0 Å². The number of rotatable bonds is 3. The molecule has 0 saturated carbocycles. The molecule has 0 unspecified atom stereocenters. The summed E-state index contributed by atoms with van der Waals surface area (Å²) in [7, 11) is -7.33. The minimum atomic E-state index is -3.67. The van der Waals surface area contributed by atoms with Crippen molar-refractivity contribution in [2.45, 2.75) is 0 Å². The monoisotopic (exact) mass is 632 g/mol. The van der Waals surface area contributed by atoms with Crippen molar-refractivity contribution in [3.63, 3.8) is 0 Å². The predicted octanol–water partition coefficient (Wildman–Crippen LogP) is 1.21. The van der Waals surface area contributed by atoms with Gasteiger partial charge in [0.1, 0.15) is 0 Å². The van der Waals surface area contributed by atoms with Crippen LogP contribution in [0.25, 0.3) is 0 Å². The molecule has 0 aromatic heterocycles. The third-order valence-corrected chi connectivity index (χ3v) is 12.5. The van der Waals surface area contributed by atoms with E-state index in [0.717, 1.165) is 0 Å². The molecule has 0 amide bonds. The Kier molecular flexibility index (Phi) is 10.6. The van der Waals surface area contributed by atoms with Gasteiger partial charge in [-0.05, 0) is 0 Å². The van der Waals surface area contributed by atoms with Crippen LogP contribution in [0.4, 0.5) is 0 Å². The van der Waals surface area contributed by atoms with Crippen molar-refractivity contribution in [2.24, 2.45) is 0 Å². The van der Waals surface area contributed by atoms with Crippen molar-refractivity contribution in [1.82, 2.24) is 0 Å². The van der Waals surface area contributed by atoms with Crippen LogP contribution < -0.4 is 9.81 Å². The Labute approximate surface area is 180 Å². The van der Waals surface area contributed by atoms with Gasteiger partial charge in [-0.1, -0.05) is 0 Å². The van der Waals surface area contributed by atoms with Crippen LogP contribution in [0.3, 0.4) is 0 Å². The van der Waals surface area contributed by atoms with Crippen molar-refractivity contribution in [3.05, 3.63) is 91.0 Å². The molecular weight excluding hydrogens is 609 g/mol. The first-order valence-electron chi connectivity index (χ1n) is 8.25. The van der Waals surface area contributed by atoms with Crippen LogP contribution in [0, 0.1) is 0 Å². The molecule has 29 heavy (non-hydrogen) atoms. The molecule has 9 heteroatoms. The molecule has 0 atom stereocenters. The van der Waals surface area contributed by atoms with Gasteiger partial charge in [0.15, 0.2) is 0 Å². The fourth-order valence-corrected chi connectivity index (χ4v) is 11.1. The Hall–Kier alpha value is -1.64. The molecule has 0 spiro atoms. The first kappa shape index (κ1) is 25.4. The van der Waals surface area contributed by atoms with Gasteiger partial charge in [-0.25, -0.2) is 0 Å². The summed E-state index contributed by atoms with van der Waals surface area (Å²) in [5.74, 6) is 0. The molecule has 3 aromatic rings. The van der Waals surface area contributed by atoms with E-state index in [1.807, 2.05) is 0 Å². The van der Waals surface area contributed by atoms with Gasteiger partial charge in [0, 0.05) is 0 Å². The van der Waals surface area contributed by atoms with Crippen LogP contribution in [-0.2, 0) is 20.2 Å². The van der Waals surface area contributed by atoms with E-state index in [2.05, 4.69) is 91.0 Å². The number of benzene rings is 3. The average Bonchev–Trinajstić information content (AvgIpc) is 2.62. The van der Waals surface area contributed by atoms with E-state index in [1.165, 1.54) is 9.81 Å². The molecule has 0 fully saturated rings. The Morgan fingerprint density at radius 2 is 0.690 bits per heavy atom. The van der Waals surface area contributed by atoms with Crippen molar-refractivity contribution < 1.29 is 25.9 Å². The van der Waals surface area contributed by atoms with Gasteiger partial charge in [-0.2, -0.15) is 16.8 Å². The number of hydrogen-bond acceptors (Lipinski definition) is 4. The molecule has 0 bridgehead atoms. The molecule has 3 aromatic carbocycles. The van der Waals surface area contributed by atoms with Crippen molar-refractivity contribution in [2.75, 3.05) is 12.5 Å². The maximum absolute atomic E-state index is 9.19. The zero-order chi connectivity index (χ0) is 21.9. The van der Waals surface area contributed by atoms with Crippen molar-refractivity contribution in [1.29, 1.82) is 0 Å². The fourth-order valence-electron chi connectivity index (χ4n) is 2.18. The molecule has 156 valence electrons. The fraction of sp³-hybridized carbons (Fsp3) is 0.100. The zero-order valence-electron chi connectivity index (χ0n) is 16.0. The van der Waals surface area contributed by atoms with E-state index in [1.54, 1.807) is 0 Å². The Morgan fingerprint density at radius 1 is 0.517 bits per heavy atom. The van der Waals surface area contributed by atoms with Crippen molar-refractivity contribution in [3.8, 4) is 0 Å². The van der Waals surface area contributed by atoms with Gasteiger partial charge >= 0.3 is 123 Å². The number of hydrogen-bond donors (Lipinski definition) is 2. The van der Waals surface area contributed by atoms with Crippen LogP contribution in [0.15, 0.2) is 91.0 Å². The van der Waals surface area contributed by atoms with E-state index < -0.39 is 42.0 Å². The molecule has 0 radical (unpaired) electrons. The van der Waals surface area contributed by atoms with Crippen LogP contribution in [-0.4, -0.2) is 60.2 Å². The average molecular weight is 633 g/mol. The quantitative estimate of drug-likeness (QED) is 0.332. The molecule has 2 N–H and O–H groups in total. The van der Waals surface area contributed by atoms with Crippen LogP contribution in [0.1, 0.15) is 0 Å². The van der Waals surface area contributed by atoms with Gasteiger partial charge in [0.2, 0.25) is 0 Å². The first-order valence-corrected chi connectivity index (χ1v) is 17.2. The van der Waals surface area contributed by atoms with E-state index >= 15 is 0 Å². The second kappa shape index (κ2) is 12.1. The third kappa shape index (κ3) is 13.3. The minimum absolute atomic E-state index is 0.715. The summed E-state index contributed by atoms with van der Waals surface area (Å²) in [6, 6.07) is 33.0. The van der Waals surface area contributed by atoms with Gasteiger partial charge in [0.05, 0.1) is 12.5 Å². The Morgan fingerprint density at radius 3 is 0.862 bits per heavy atom. The predicted molar refractivity (Wildman–Crippen MR) is 119 cm³/mol. The van der Waals surface area contributed by atoms with E-state index in [9.17, 15) is 16.8 Å². The van der Waals surface area contributed by atoms with E-state index in [4.69, 9.17) is 9.11 Å². The Balaban J connectivity index is 0.000000353. The zero-order valence-corrected chi connectivity index (χ0v) is 21.1. The molecule has 0 aliphatic heterocycles. The summed E-state index contributed by atoms with van der Waals surface area (Å²) in [5, 5.41) is 0.